The maximum Gasteiger partial charge on any atom is 0.328 e. The standard InChI is InChI=1S/C15H12Cl2N2O3/c16-12-2-1-9(13(17)4-12)6-19-15-10(3-14(20)21)7-22-8-11(15)5-18-19/h1-5H,6-8H2,(H,20,21)/b10-3+. The van der Waals surface area contributed by atoms with Crippen molar-refractivity contribution < 1.29 is 14.6 Å². The molecule has 114 valence electrons. The third-order valence-electron chi connectivity index (χ3n) is 3.37. The maximum atomic E-state index is 11.0. The van der Waals surface area contributed by atoms with Gasteiger partial charge in [-0.2, -0.15) is 5.10 Å². The third kappa shape index (κ3) is 3.02. The number of carboxylic acid groups (broad SMARTS) is 1. The summed E-state index contributed by atoms with van der Waals surface area (Å²) in [6, 6.07) is 5.26. The van der Waals surface area contributed by atoms with Gasteiger partial charge in [0.25, 0.3) is 0 Å². The summed E-state index contributed by atoms with van der Waals surface area (Å²) in [4.78, 5) is 11.0. The Morgan fingerprint density at radius 1 is 1.41 bits per heavy atom. The Morgan fingerprint density at radius 3 is 2.95 bits per heavy atom. The molecular weight excluding hydrogens is 327 g/mol. The molecule has 3 rings (SSSR count). The van der Waals surface area contributed by atoms with Gasteiger partial charge in [-0.15, -0.1) is 0 Å². The zero-order valence-electron chi connectivity index (χ0n) is 11.4. The van der Waals surface area contributed by atoms with E-state index in [4.69, 9.17) is 33.0 Å². The molecule has 1 aliphatic heterocycles. The molecule has 1 aromatic heterocycles. The van der Waals surface area contributed by atoms with Crippen molar-refractivity contribution in [2.75, 3.05) is 6.61 Å². The van der Waals surface area contributed by atoms with Gasteiger partial charge in [-0.05, 0) is 17.7 Å². The minimum atomic E-state index is -1.01. The summed E-state index contributed by atoms with van der Waals surface area (Å²) < 4.78 is 7.12. The topological polar surface area (TPSA) is 64.3 Å². The molecule has 0 radical (unpaired) electrons. The molecule has 2 heterocycles. The molecule has 5 nitrogen and oxygen atoms in total. The molecule has 1 N–H and O–H groups in total. The van der Waals surface area contributed by atoms with Crippen molar-refractivity contribution in [1.29, 1.82) is 0 Å². The number of hydrogen-bond acceptors (Lipinski definition) is 3. The number of nitrogens with zero attached hydrogens (tertiary/aromatic N) is 2. The Hall–Kier alpha value is -1.82. The Kier molecular flexibility index (Phi) is 4.20. The van der Waals surface area contributed by atoms with E-state index in [1.165, 1.54) is 0 Å². The first kappa shape index (κ1) is 15.1. The van der Waals surface area contributed by atoms with Crippen molar-refractivity contribution >= 4 is 34.7 Å². The van der Waals surface area contributed by atoms with Crippen LogP contribution in [0.2, 0.25) is 10.0 Å². The highest BCUT2D eigenvalue weighted by Crippen LogP contribution is 2.28. The lowest BCUT2D eigenvalue weighted by Gasteiger charge is -2.18. The number of halogens is 2. The fourth-order valence-corrected chi connectivity index (χ4v) is 2.90. The maximum absolute atomic E-state index is 11.0. The highest BCUT2D eigenvalue weighted by atomic mass is 35.5. The normalized spacial score (nSPS) is 15.8. The number of carbonyl (C=O) groups is 1. The van der Waals surface area contributed by atoms with Crippen LogP contribution in [0.1, 0.15) is 16.8 Å². The number of aromatic nitrogens is 2. The van der Waals surface area contributed by atoms with Crippen LogP contribution in [0, 0.1) is 0 Å². The Labute approximate surface area is 136 Å². The Bertz CT molecular complexity index is 768. The quantitative estimate of drug-likeness (QED) is 0.872. The summed E-state index contributed by atoms with van der Waals surface area (Å²) in [6.07, 6.45) is 2.84. The second kappa shape index (κ2) is 6.12. The van der Waals surface area contributed by atoms with Crippen molar-refractivity contribution in [3.63, 3.8) is 0 Å². The van der Waals surface area contributed by atoms with Crippen molar-refractivity contribution in [1.82, 2.24) is 9.78 Å². The average Bonchev–Trinajstić information content (AvgIpc) is 2.86. The summed E-state index contributed by atoms with van der Waals surface area (Å²) in [5.41, 5.74) is 3.10. The van der Waals surface area contributed by atoms with E-state index in [1.807, 2.05) is 6.07 Å². The minimum absolute atomic E-state index is 0.249. The largest absolute Gasteiger partial charge is 0.478 e. The highest BCUT2D eigenvalue weighted by molar-refractivity contribution is 6.35. The van der Waals surface area contributed by atoms with E-state index in [9.17, 15) is 4.79 Å². The van der Waals surface area contributed by atoms with Gasteiger partial charge in [0.1, 0.15) is 0 Å². The number of benzene rings is 1. The van der Waals surface area contributed by atoms with Gasteiger partial charge in [-0.1, -0.05) is 29.3 Å². The van der Waals surface area contributed by atoms with Crippen LogP contribution in [0.4, 0.5) is 0 Å². The first-order chi connectivity index (χ1) is 10.5. The van der Waals surface area contributed by atoms with Crippen LogP contribution in [0.25, 0.3) is 5.57 Å². The summed E-state index contributed by atoms with van der Waals surface area (Å²) >= 11 is 12.1. The summed E-state index contributed by atoms with van der Waals surface area (Å²) in [6.45, 7) is 1.10. The van der Waals surface area contributed by atoms with Crippen LogP contribution in [0.15, 0.2) is 30.5 Å². The van der Waals surface area contributed by atoms with E-state index in [0.717, 1.165) is 22.9 Å². The van der Waals surface area contributed by atoms with E-state index in [2.05, 4.69) is 5.10 Å². The molecule has 0 fully saturated rings. The van der Waals surface area contributed by atoms with Crippen LogP contribution >= 0.6 is 23.2 Å². The first-order valence-electron chi connectivity index (χ1n) is 6.55. The molecule has 0 saturated heterocycles. The highest BCUT2D eigenvalue weighted by Gasteiger charge is 2.21. The van der Waals surface area contributed by atoms with Gasteiger partial charge in [-0.3, -0.25) is 4.68 Å². The second-order valence-electron chi connectivity index (χ2n) is 4.91. The van der Waals surface area contributed by atoms with Crippen molar-refractivity contribution in [2.45, 2.75) is 13.2 Å². The smallest absolute Gasteiger partial charge is 0.328 e. The second-order valence-corrected chi connectivity index (χ2v) is 5.76. The fourth-order valence-electron chi connectivity index (χ4n) is 2.43. The molecule has 0 amide bonds. The molecule has 1 aromatic carbocycles. The molecular formula is C15H12Cl2N2O3. The zero-order chi connectivity index (χ0) is 15.7. The molecule has 0 saturated carbocycles. The van der Waals surface area contributed by atoms with Crippen LogP contribution in [-0.2, 0) is 22.7 Å². The molecule has 0 atom stereocenters. The Morgan fingerprint density at radius 2 is 2.23 bits per heavy atom. The molecule has 0 spiro atoms. The molecule has 2 aromatic rings. The molecule has 0 unspecified atom stereocenters. The lowest BCUT2D eigenvalue weighted by atomic mass is 10.1. The van der Waals surface area contributed by atoms with E-state index in [0.29, 0.717) is 28.8 Å². The zero-order valence-corrected chi connectivity index (χ0v) is 12.9. The van der Waals surface area contributed by atoms with Crippen molar-refractivity contribution in [3.8, 4) is 0 Å². The fraction of sp³-hybridized carbons (Fsp3) is 0.200. The van der Waals surface area contributed by atoms with E-state index in [1.54, 1.807) is 23.0 Å². The predicted octanol–water partition coefficient (Wildman–Crippen LogP) is 3.24. The van der Waals surface area contributed by atoms with Crippen LogP contribution in [-0.4, -0.2) is 27.5 Å². The van der Waals surface area contributed by atoms with E-state index < -0.39 is 5.97 Å². The van der Waals surface area contributed by atoms with Crippen LogP contribution < -0.4 is 0 Å². The van der Waals surface area contributed by atoms with Gasteiger partial charge in [0.15, 0.2) is 0 Å². The monoisotopic (exact) mass is 338 g/mol. The van der Waals surface area contributed by atoms with Crippen LogP contribution in [0.3, 0.4) is 0 Å². The number of carboxylic acids is 1. The molecule has 7 heteroatoms. The van der Waals surface area contributed by atoms with Gasteiger partial charge >= 0.3 is 5.97 Å². The van der Waals surface area contributed by atoms with Gasteiger partial charge in [-0.25, -0.2) is 4.79 Å². The van der Waals surface area contributed by atoms with Gasteiger partial charge in [0.05, 0.1) is 31.6 Å². The van der Waals surface area contributed by atoms with E-state index >= 15 is 0 Å². The summed E-state index contributed by atoms with van der Waals surface area (Å²) in [7, 11) is 0. The van der Waals surface area contributed by atoms with E-state index in [-0.39, 0.29) is 6.61 Å². The molecule has 0 bridgehead atoms. The lowest BCUT2D eigenvalue weighted by molar-refractivity contribution is -0.131. The van der Waals surface area contributed by atoms with Crippen LogP contribution in [0.5, 0.6) is 0 Å². The SMILES string of the molecule is O=C(O)/C=C1\COCc2cnn(Cc3ccc(Cl)cc3Cl)c21. The Balaban J connectivity index is 1.99. The van der Waals surface area contributed by atoms with Gasteiger partial charge in [0, 0.05) is 27.3 Å². The van der Waals surface area contributed by atoms with Crippen molar-refractivity contribution in [3.05, 3.63) is 57.3 Å². The molecule has 1 aliphatic rings. The number of rotatable bonds is 3. The third-order valence-corrected chi connectivity index (χ3v) is 3.95. The molecule has 0 aliphatic carbocycles. The average molecular weight is 339 g/mol. The van der Waals surface area contributed by atoms with Gasteiger partial charge < -0.3 is 9.84 Å². The van der Waals surface area contributed by atoms with Gasteiger partial charge in [0.2, 0.25) is 0 Å². The summed E-state index contributed by atoms with van der Waals surface area (Å²) in [5, 5.41) is 14.4. The minimum Gasteiger partial charge on any atom is -0.478 e. The molecule has 22 heavy (non-hydrogen) atoms. The number of ether oxygens (including phenoxy) is 1. The summed E-state index contributed by atoms with van der Waals surface area (Å²) in [5.74, 6) is -1.01. The lowest BCUT2D eigenvalue weighted by Crippen LogP contribution is -2.15. The number of aliphatic carboxylic acids is 1. The number of hydrogen-bond donors (Lipinski definition) is 1. The first-order valence-corrected chi connectivity index (χ1v) is 7.30. The predicted molar refractivity (Wildman–Crippen MR) is 83.1 cm³/mol. The number of fused-ring (bicyclic) bond motifs is 1. The van der Waals surface area contributed by atoms with Crippen molar-refractivity contribution in [2.24, 2.45) is 0 Å².